The molecule has 1 fully saturated rings. The number of likely N-dealkylation sites (N-methyl/N-ethyl adjacent to an activating group) is 1. The van der Waals surface area contributed by atoms with Crippen LogP contribution in [0.1, 0.15) is 52.2 Å². The molecule has 10 heteroatoms. The lowest BCUT2D eigenvalue weighted by Crippen LogP contribution is -2.40. The van der Waals surface area contributed by atoms with E-state index < -0.39 is 51.7 Å². The summed E-state index contributed by atoms with van der Waals surface area (Å²) in [5, 5.41) is 12.7. The quantitative estimate of drug-likeness (QED) is 0.682. The lowest BCUT2D eigenvalue weighted by Gasteiger charge is -2.33. The highest BCUT2D eigenvalue weighted by Gasteiger charge is 2.39. The Bertz CT molecular complexity index is 1100. The summed E-state index contributed by atoms with van der Waals surface area (Å²) in [5.74, 6) is -3.58. The number of nitrogens with one attached hydrogen (secondary N) is 1. The van der Waals surface area contributed by atoms with E-state index in [2.05, 4.69) is 5.32 Å². The first-order chi connectivity index (χ1) is 15.0. The topological polar surface area (TPSA) is 91.6 Å². The fourth-order valence-corrected chi connectivity index (χ4v) is 3.92. The SMILES string of the molecule is CN1CCCC(C)(F)C(n2cc(C(=O)NCc3ccc(F)cc3F)c(=O)c(O)c2C=O)C1. The average molecular weight is 451 g/mol. The zero-order chi connectivity index (χ0) is 23.6. The molecule has 2 heterocycles. The Morgan fingerprint density at radius 3 is 2.75 bits per heavy atom. The Morgan fingerprint density at radius 1 is 1.38 bits per heavy atom. The lowest BCUT2D eigenvalue weighted by molar-refractivity contribution is 0.0881. The molecule has 172 valence electrons. The molecule has 1 aromatic carbocycles. The van der Waals surface area contributed by atoms with Crippen molar-refractivity contribution in [1.82, 2.24) is 14.8 Å². The van der Waals surface area contributed by atoms with Crippen LogP contribution in [0.3, 0.4) is 0 Å². The van der Waals surface area contributed by atoms with E-state index in [4.69, 9.17) is 0 Å². The third-order valence-electron chi connectivity index (χ3n) is 5.78. The van der Waals surface area contributed by atoms with Crippen molar-refractivity contribution in [2.45, 2.75) is 38.0 Å². The number of aromatic nitrogens is 1. The predicted octanol–water partition coefficient (Wildman–Crippen LogP) is 2.57. The van der Waals surface area contributed by atoms with Crippen LogP contribution < -0.4 is 10.7 Å². The van der Waals surface area contributed by atoms with E-state index in [1.165, 1.54) is 6.92 Å². The third-order valence-corrected chi connectivity index (χ3v) is 5.78. The predicted molar refractivity (Wildman–Crippen MR) is 111 cm³/mol. The smallest absolute Gasteiger partial charge is 0.257 e. The number of rotatable bonds is 5. The third kappa shape index (κ3) is 4.69. The number of benzene rings is 1. The van der Waals surface area contributed by atoms with Gasteiger partial charge in [-0.05, 0) is 39.4 Å². The largest absolute Gasteiger partial charge is 0.503 e. The van der Waals surface area contributed by atoms with Gasteiger partial charge in [0.15, 0.2) is 12.0 Å². The van der Waals surface area contributed by atoms with Gasteiger partial charge in [0, 0.05) is 30.9 Å². The first-order valence-corrected chi connectivity index (χ1v) is 10.1. The minimum Gasteiger partial charge on any atom is -0.503 e. The minimum atomic E-state index is -1.78. The second-order valence-corrected chi connectivity index (χ2v) is 8.21. The van der Waals surface area contributed by atoms with Gasteiger partial charge in [-0.15, -0.1) is 0 Å². The second kappa shape index (κ2) is 9.15. The molecule has 32 heavy (non-hydrogen) atoms. The Balaban J connectivity index is 2.00. The molecule has 0 saturated carbocycles. The number of carbonyl (C=O) groups is 2. The van der Waals surface area contributed by atoms with Crippen LogP contribution in [0.25, 0.3) is 0 Å². The van der Waals surface area contributed by atoms with Gasteiger partial charge in [-0.1, -0.05) is 6.07 Å². The Hall–Kier alpha value is -3.14. The summed E-state index contributed by atoms with van der Waals surface area (Å²) >= 11 is 0. The Labute approximate surface area is 182 Å². The number of likely N-dealkylation sites (tertiary alicyclic amines) is 1. The molecule has 0 bridgehead atoms. The van der Waals surface area contributed by atoms with Crippen molar-refractivity contribution >= 4 is 12.2 Å². The molecule has 2 unspecified atom stereocenters. The van der Waals surface area contributed by atoms with Crippen molar-refractivity contribution in [3.63, 3.8) is 0 Å². The van der Waals surface area contributed by atoms with Crippen molar-refractivity contribution in [3.05, 3.63) is 63.1 Å². The van der Waals surface area contributed by atoms with E-state index in [9.17, 15) is 28.3 Å². The summed E-state index contributed by atoms with van der Waals surface area (Å²) in [4.78, 5) is 38.7. The van der Waals surface area contributed by atoms with Gasteiger partial charge in [0.05, 0.1) is 6.04 Å². The van der Waals surface area contributed by atoms with Crippen molar-refractivity contribution in [1.29, 1.82) is 0 Å². The molecule has 1 aliphatic heterocycles. The van der Waals surface area contributed by atoms with Crippen LogP contribution in [-0.4, -0.2) is 52.6 Å². The van der Waals surface area contributed by atoms with Crippen molar-refractivity contribution < 1.29 is 27.9 Å². The minimum absolute atomic E-state index is 0.0180. The van der Waals surface area contributed by atoms with E-state index in [0.29, 0.717) is 19.0 Å². The van der Waals surface area contributed by atoms with Gasteiger partial charge < -0.3 is 19.9 Å². The fraction of sp³-hybridized carbons (Fsp3) is 0.409. The molecule has 2 N–H and O–H groups in total. The Morgan fingerprint density at radius 2 is 2.09 bits per heavy atom. The normalized spacial score (nSPS) is 21.7. The summed E-state index contributed by atoms with van der Waals surface area (Å²) < 4.78 is 43.5. The number of hydrogen-bond donors (Lipinski definition) is 2. The molecule has 7 nitrogen and oxygen atoms in total. The van der Waals surface area contributed by atoms with E-state index in [0.717, 1.165) is 22.9 Å². The van der Waals surface area contributed by atoms with E-state index in [1.54, 1.807) is 7.05 Å². The first kappa shape index (κ1) is 23.5. The van der Waals surface area contributed by atoms with Crippen LogP contribution in [0.4, 0.5) is 13.2 Å². The van der Waals surface area contributed by atoms with Crippen LogP contribution in [0.15, 0.2) is 29.2 Å². The summed E-state index contributed by atoms with van der Waals surface area (Å²) in [6.07, 6.45) is 2.04. The zero-order valence-electron chi connectivity index (χ0n) is 17.7. The highest BCUT2D eigenvalue weighted by Crippen LogP contribution is 2.36. The van der Waals surface area contributed by atoms with Crippen molar-refractivity contribution in [2.75, 3.05) is 20.1 Å². The molecule has 2 atom stereocenters. The molecular formula is C22H24F3N3O4. The first-order valence-electron chi connectivity index (χ1n) is 10.1. The fourth-order valence-electron chi connectivity index (χ4n) is 3.92. The number of alkyl halides is 1. The zero-order valence-corrected chi connectivity index (χ0v) is 17.7. The van der Waals surface area contributed by atoms with Crippen LogP contribution in [-0.2, 0) is 6.54 Å². The van der Waals surface area contributed by atoms with Gasteiger partial charge in [-0.3, -0.25) is 14.4 Å². The highest BCUT2D eigenvalue weighted by atomic mass is 19.1. The summed E-state index contributed by atoms with van der Waals surface area (Å²) in [5.41, 5.74) is -3.87. The van der Waals surface area contributed by atoms with Gasteiger partial charge >= 0.3 is 0 Å². The van der Waals surface area contributed by atoms with Gasteiger partial charge in [-0.2, -0.15) is 0 Å². The Kier molecular flexibility index (Phi) is 6.73. The molecule has 1 aromatic heterocycles. The summed E-state index contributed by atoms with van der Waals surface area (Å²) in [6.45, 7) is 1.82. The number of amides is 1. The van der Waals surface area contributed by atoms with Gasteiger partial charge in [0.2, 0.25) is 5.43 Å². The highest BCUT2D eigenvalue weighted by molar-refractivity contribution is 5.95. The van der Waals surface area contributed by atoms with Crippen LogP contribution in [0.5, 0.6) is 5.75 Å². The molecule has 1 saturated heterocycles. The number of pyridine rings is 1. The summed E-state index contributed by atoms with van der Waals surface area (Å²) in [7, 11) is 1.78. The van der Waals surface area contributed by atoms with E-state index in [1.807, 2.05) is 4.90 Å². The molecule has 0 radical (unpaired) electrons. The van der Waals surface area contributed by atoms with E-state index >= 15 is 4.39 Å². The average Bonchev–Trinajstić information content (AvgIpc) is 2.86. The number of nitrogens with zero attached hydrogens (tertiary/aromatic N) is 2. The monoisotopic (exact) mass is 451 g/mol. The second-order valence-electron chi connectivity index (χ2n) is 8.21. The number of carbonyl (C=O) groups excluding carboxylic acids is 2. The van der Waals surface area contributed by atoms with Crippen molar-refractivity contribution in [2.24, 2.45) is 0 Å². The lowest BCUT2D eigenvalue weighted by atomic mass is 9.93. The van der Waals surface area contributed by atoms with E-state index in [-0.39, 0.29) is 31.4 Å². The number of halogens is 3. The molecule has 0 spiro atoms. The molecule has 3 rings (SSSR count). The van der Waals surface area contributed by atoms with Gasteiger partial charge in [0.1, 0.15) is 28.6 Å². The van der Waals surface area contributed by atoms with Crippen LogP contribution >= 0.6 is 0 Å². The molecule has 1 aliphatic rings. The standard InChI is InChI=1S/C22H24F3N3O4/c1-22(25)6-3-7-27(2)11-18(22)28-10-15(19(30)20(31)17(28)12-29)21(32)26-9-13-4-5-14(23)8-16(13)24/h4-5,8,10,12,18,31H,3,6-7,9,11H2,1-2H3,(H,26,32). The number of hydrogen-bond acceptors (Lipinski definition) is 5. The molecule has 0 aliphatic carbocycles. The number of aldehydes is 1. The van der Waals surface area contributed by atoms with Crippen molar-refractivity contribution in [3.8, 4) is 5.75 Å². The van der Waals surface area contributed by atoms with Gasteiger partial charge in [0.25, 0.3) is 5.91 Å². The molecular weight excluding hydrogens is 427 g/mol. The maximum atomic E-state index is 15.5. The van der Waals surface area contributed by atoms with Gasteiger partial charge in [-0.25, -0.2) is 13.2 Å². The molecule has 1 amide bonds. The van der Waals surface area contributed by atoms with Crippen LogP contribution in [0.2, 0.25) is 0 Å². The van der Waals surface area contributed by atoms with Crippen LogP contribution in [0, 0.1) is 11.6 Å². The summed E-state index contributed by atoms with van der Waals surface area (Å²) in [6, 6.07) is 1.87. The maximum absolute atomic E-state index is 15.5. The number of aromatic hydroxyl groups is 1. The molecule has 2 aromatic rings. The maximum Gasteiger partial charge on any atom is 0.257 e.